The highest BCUT2D eigenvalue weighted by atomic mass is 79.9. The number of nitrogens with two attached hydrogens (primary N) is 1. The van der Waals surface area contributed by atoms with Gasteiger partial charge >= 0.3 is 0 Å². The molecule has 6 heteroatoms. The van der Waals surface area contributed by atoms with Crippen molar-refractivity contribution in [3.05, 3.63) is 28.5 Å². The molecule has 0 aliphatic carbocycles. The molecule has 2 N–H and O–H groups in total. The van der Waals surface area contributed by atoms with E-state index in [-0.39, 0.29) is 17.8 Å². The maximum Gasteiger partial charge on any atom is 0.263 e. The zero-order valence-corrected chi connectivity index (χ0v) is 12.9. The van der Waals surface area contributed by atoms with E-state index < -0.39 is 6.10 Å². The Kier molecular flexibility index (Phi) is 4.99. The Balaban J connectivity index is 1.97. The minimum atomic E-state index is -0.605. The standard InChI is InChI=1S/C14H18BrFN2O2/c1-9(14(19)18-6-4-11(17)5-7-18)20-13-3-2-10(16)8-12(13)15/h2-3,8-9,11H,4-7,17H2,1H3/t9-/m1/s1. The lowest BCUT2D eigenvalue weighted by Gasteiger charge is -2.32. The number of piperidine rings is 1. The molecule has 1 aromatic rings. The molecule has 4 nitrogen and oxygen atoms in total. The molecule has 1 aliphatic rings. The summed E-state index contributed by atoms with van der Waals surface area (Å²) in [4.78, 5) is 14.0. The van der Waals surface area contributed by atoms with Gasteiger partial charge in [0.05, 0.1) is 4.47 Å². The summed E-state index contributed by atoms with van der Waals surface area (Å²) in [6, 6.07) is 4.31. The Bertz CT molecular complexity index is 490. The molecular formula is C14H18BrFN2O2. The molecular weight excluding hydrogens is 327 g/mol. The van der Waals surface area contributed by atoms with E-state index in [1.54, 1.807) is 11.8 Å². The molecule has 0 aromatic heterocycles. The van der Waals surface area contributed by atoms with Crippen LogP contribution >= 0.6 is 15.9 Å². The number of hydrogen-bond acceptors (Lipinski definition) is 3. The summed E-state index contributed by atoms with van der Waals surface area (Å²) in [5.74, 6) is 0.0438. The van der Waals surface area contributed by atoms with Gasteiger partial charge in [-0.2, -0.15) is 0 Å². The lowest BCUT2D eigenvalue weighted by atomic mass is 10.1. The minimum Gasteiger partial charge on any atom is -0.480 e. The van der Waals surface area contributed by atoms with Gasteiger partial charge in [0.1, 0.15) is 11.6 Å². The molecule has 1 heterocycles. The maximum atomic E-state index is 13.0. The van der Waals surface area contributed by atoms with Crippen molar-refractivity contribution in [2.75, 3.05) is 13.1 Å². The first-order chi connectivity index (χ1) is 9.47. The van der Waals surface area contributed by atoms with Crippen LogP contribution in [-0.2, 0) is 4.79 Å². The van der Waals surface area contributed by atoms with Crippen molar-refractivity contribution in [3.63, 3.8) is 0 Å². The number of nitrogens with zero attached hydrogens (tertiary/aromatic N) is 1. The Labute approximate surface area is 126 Å². The Hall–Kier alpha value is -1.14. The average Bonchev–Trinajstić information content (AvgIpc) is 2.42. The number of likely N-dealkylation sites (tertiary alicyclic amines) is 1. The predicted molar refractivity (Wildman–Crippen MR) is 78.0 cm³/mol. The summed E-state index contributed by atoms with van der Waals surface area (Å²) in [5, 5.41) is 0. The molecule has 0 saturated carbocycles. The van der Waals surface area contributed by atoms with Gasteiger partial charge in [0, 0.05) is 19.1 Å². The third-order valence-corrected chi connectivity index (χ3v) is 4.02. The number of halogens is 2. The summed E-state index contributed by atoms with van der Waals surface area (Å²) in [7, 11) is 0. The van der Waals surface area contributed by atoms with Gasteiger partial charge in [0.15, 0.2) is 6.10 Å². The number of ether oxygens (including phenoxy) is 1. The monoisotopic (exact) mass is 344 g/mol. The maximum absolute atomic E-state index is 13.0. The van der Waals surface area contributed by atoms with Crippen LogP contribution in [0.1, 0.15) is 19.8 Å². The van der Waals surface area contributed by atoms with Crippen molar-refractivity contribution in [2.24, 2.45) is 5.73 Å². The lowest BCUT2D eigenvalue weighted by Crippen LogP contribution is -2.47. The summed E-state index contributed by atoms with van der Waals surface area (Å²) in [6.07, 6.45) is 1.03. The van der Waals surface area contributed by atoms with E-state index in [4.69, 9.17) is 10.5 Å². The molecule has 1 aromatic carbocycles. The van der Waals surface area contributed by atoms with Crippen LogP contribution in [0.25, 0.3) is 0 Å². The molecule has 1 atom stereocenters. The first-order valence-electron chi connectivity index (χ1n) is 6.63. The second-order valence-corrected chi connectivity index (χ2v) is 5.85. The van der Waals surface area contributed by atoms with Crippen molar-refractivity contribution in [2.45, 2.75) is 31.9 Å². The lowest BCUT2D eigenvalue weighted by molar-refractivity contribution is -0.139. The van der Waals surface area contributed by atoms with Gasteiger partial charge in [0.2, 0.25) is 0 Å². The van der Waals surface area contributed by atoms with Gasteiger partial charge < -0.3 is 15.4 Å². The zero-order valence-electron chi connectivity index (χ0n) is 11.3. The largest absolute Gasteiger partial charge is 0.480 e. The highest BCUT2D eigenvalue weighted by Gasteiger charge is 2.26. The number of carbonyl (C=O) groups excluding carboxylic acids is 1. The van der Waals surface area contributed by atoms with Crippen LogP contribution in [0.2, 0.25) is 0 Å². The molecule has 1 saturated heterocycles. The second kappa shape index (κ2) is 6.54. The van der Waals surface area contributed by atoms with E-state index in [1.165, 1.54) is 18.2 Å². The van der Waals surface area contributed by atoms with E-state index >= 15 is 0 Å². The van der Waals surface area contributed by atoms with Crippen LogP contribution in [0, 0.1) is 5.82 Å². The fraction of sp³-hybridized carbons (Fsp3) is 0.500. The van der Waals surface area contributed by atoms with Gasteiger partial charge in [-0.15, -0.1) is 0 Å². The number of benzene rings is 1. The van der Waals surface area contributed by atoms with Gasteiger partial charge in [-0.3, -0.25) is 4.79 Å². The molecule has 110 valence electrons. The number of rotatable bonds is 3. The third kappa shape index (κ3) is 3.70. The third-order valence-electron chi connectivity index (χ3n) is 3.40. The van der Waals surface area contributed by atoms with E-state index in [0.29, 0.717) is 23.3 Å². The molecule has 1 fully saturated rings. The Morgan fingerprint density at radius 1 is 1.50 bits per heavy atom. The number of carbonyl (C=O) groups is 1. The van der Waals surface area contributed by atoms with Crippen LogP contribution < -0.4 is 10.5 Å². The summed E-state index contributed by atoms with van der Waals surface area (Å²) >= 11 is 3.22. The Morgan fingerprint density at radius 2 is 2.15 bits per heavy atom. The fourth-order valence-corrected chi connectivity index (χ4v) is 2.63. The smallest absolute Gasteiger partial charge is 0.263 e. The van der Waals surface area contributed by atoms with Crippen molar-refractivity contribution < 1.29 is 13.9 Å². The van der Waals surface area contributed by atoms with Crippen LogP contribution in [0.4, 0.5) is 4.39 Å². The first-order valence-corrected chi connectivity index (χ1v) is 7.42. The normalized spacial score (nSPS) is 17.9. The second-order valence-electron chi connectivity index (χ2n) is 5.00. The van der Waals surface area contributed by atoms with E-state index in [9.17, 15) is 9.18 Å². The van der Waals surface area contributed by atoms with Crippen LogP contribution in [0.5, 0.6) is 5.75 Å². The van der Waals surface area contributed by atoms with Gasteiger partial charge in [-0.25, -0.2) is 4.39 Å². The first kappa shape index (κ1) is 15.3. The van der Waals surface area contributed by atoms with Crippen molar-refractivity contribution in [1.82, 2.24) is 4.90 Å². The van der Waals surface area contributed by atoms with Crippen molar-refractivity contribution in [3.8, 4) is 5.75 Å². The van der Waals surface area contributed by atoms with Crippen LogP contribution in [0.3, 0.4) is 0 Å². The topological polar surface area (TPSA) is 55.6 Å². The predicted octanol–water partition coefficient (Wildman–Crippen LogP) is 2.31. The highest BCUT2D eigenvalue weighted by Crippen LogP contribution is 2.26. The van der Waals surface area contributed by atoms with Gasteiger partial charge in [-0.05, 0) is 53.9 Å². The summed E-state index contributed by atoms with van der Waals surface area (Å²) < 4.78 is 19.1. The van der Waals surface area contributed by atoms with Crippen molar-refractivity contribution >= 4 is 21.8 Å². The molecule has 1 aliphatic heterocycles. The molecule has 20 heavy (non-hydrogen) atoms. The fourth-order valence-electron chi connectivity index (χ4n) is 2.19. The molecule has 0 unspecified atom stereocenters. The van der Waals surface area contributed by atoms with Crippen LogP contribution in [-0.4, -0.2) is 36.0 Å². The Morgan fingerprint density at radius 3 is 2.75 bits per heavy atom. The van der Waals surface area contributed by atoms with Gasteiger partial charge in [-0.1, -0.05) is 0 Å². The molecule has 0 bridgehead atoms. The number of amides is 1. The zero-order chi connectivity index (χ0) is 14.7. The average molecular weight is 345 g/mol. The minimum absolute atomic E-state index is 0.0619. The van der Waals surface area contributed by atoms with E-state index in [0.717, 1.165) is 12.8 Å². The molecule has 2 rings (SSSR count). The van der Waals surface area contributed by atoms with E-state index in [1.807, 2.05) is 0 Å². The van der Waals surface area contributed by atoms with Crippen molar-refractivity contribution in [1.29, 1.82) is 0 Å². The molecule has 0 radical (unpaired) electrons. The van der Waals surface area contributed by atoms with Crippen LogP contribution in [0.15, 0.2) is 22.7 Å². The van der Waals surface area contributed by atoms with E-state index in [2.05, 4.69) is 15.9 Å². The SMILES string of the molecule is C[C@@H](Oc1ccc(F)cc1Br)C(=O)N1CCC(N)CC1. The highest BCUT2D eigenvalue weighted by molar-refractivity contribution is 9.10. The summed E-state index contributed by atoms with van der Waals surface area (Å²) in [6.45, 7) is 3.03. The molecule has 1 amide bonds. The van der Waals surface area contributed by atoms with Gasteiger partial charge in [0.25, 0.3) is 5.91 Å². The number of hydrogen-bond donors (Lipinski definition) is 1. The molecule has 0 spiro atoms. The quantitative estimate of drug-likeness (QED) is 0.915. The summed E-state index contributed by atoms with van der Waals surface area (Å²) in [5.41, 5.74) is 5.82.